The van der Waals surface area contributed by atoms with Crippen LogP contribution in [0.4, 0.5) is 10.1 Å². The Balaban J connectivity index is 1.90. The van der Waals surface area contributed by atoms with Crippen molar-refractivity contribution in [1.29, 1.82) is 0 Å². The maximum atomic E-state index is 12.8. The van der Waals surface area contributed by atoms with Crippen LogP contribution in [0.3, 0.4) is 0 Å². The SMILES string of the molecule is COC(=O)c1ccc(NC(=O)/C(C)=C/C(=O)NCc2ccc(F)cc2)cc1. The Kier molecular flexibility index (Phi) is 6.82. The van der Waals surface area contributed by atoms with E-state index in [9.17, 15) is 18.8 Å². The highest BCUT2D eigenvalue weighted by Crippen LogP contribution is 2.11. The van der Waals surface area contributed by atoms with E-state index in [4.69, 9.17) is 0 Å². The number of methoxy groups -OCH3 is 1. The third-order valence-corrected chi connectivity index (χ3v) is 3.65. The third-order valence-electron chi connectivity index (χ3n) is 3.65. The number of nitrogens with one attached hydrogen (secondary N) is 2. The zero-order chi connectivity index (χ0) is 19.8. The van der Waals surface area contributed by atoms with Gasteiger partial charge in [-0.05, 0) is 48.9 Å². The Morgan fingerprint density at radius 3 is 2.26 bits per heavy atom. The number of carbonyl (C=O) groups excluding carboxylic acids is 3. The summed E-state index contributed by atoms with van der Waals surface area (Å²) in [5, 5.41) is 5.26. The highest BCUT2D eigenvalue weighted by molar-refractivity contribution is 6.07. The lowest BCUT2D eigenvalue weighted by Crippen LogP contribution is -2.22. The molecule has 0 bridgehead atoms. The van der Waals surface area contributed by atoms with Gasteiger partial charge in [-0.25, -0.2) is 9.18 Å². The molecule has 0 spiro atoms. The number of carbonyl (C=O) groups is 3. The van der Waals surface area contributed by atoms with Gasteiger partial charge in [0.1, 0.15) is 5.82 Å². The van der Waals surface area contributed by atoms with Crippen molar-refractivity contribution in [3.63, 3.8) is 0 Å². The second-order valence-corrected chi connectivity index (χ2v) is 5.69. The van der Waals surface area contributed by atoms with Crippen molar-refractivity contribution >= 4 is 23.5 Å². The van der Waals surface area contributed by atoms with Crippen LogP contribution < -0.4 is 10.6 Å². The van der Waals surface area contributed by atoms with Crippen molar-refractivity contribution in [3.8, 4) is 0 Å². The van der Waals surface area contributed by atoms with Gasteiger partial charge in [-0.1, -0.05) is 12.1 Å². The predicted octanol–water partition coefficient (Wildman–Crippen LogP) is 2.81. The molecule has 0 aliphatic carbocycles. The lowest BCUT2D eigenvalue weighted by Gasteiger charge is -2.07. The summed E-state index contributed by atoms with van der Waals surface area (Å²) in [5.74, 6) is -1.70. The zero-order valence-electron chi connectivity index (χ0n) is 14.9. The number of amides is 2. The largest absolute Gasteiger partial charge is 0.465 e. The van der Waals surface area contributed by atoms with E-state index in [2.05, 4.69) is 15.4 Å². The van der Waals surface area contributed by atoms with Gasteiger partial charge in [0.05, 0.1) is 12.7 Å². The molecule has 2 aromatic rings. The highest BCUT2D eigenvalue weighted by atomic mass is 19.1. The minimum absolute atomic E-state index is 0.212. The summed E-state index contributed by atoms with van der Waals surface area (Å²) >= 11 is 0. The summed E-state index contributed by atoms with van der Waals surface area (Å²) < 4.78 is 17.4. The van der Waals surface area contributed by atoms with Gasteiger partial charge in [-0.2, -0.15) is 0 Å². The first-order chi connectivity index (χ1) is 12.9. The van der Waals surface area contributed by atoms with Crippen molar-refractivity contribution in [2.24, 2.45) is 0 Å². The molecule has 27 heavy (non-hydrogen) atoms. The Labute approximate surface area is 156 Å². The van der Waals surface area contributed by atoms with Gasteiger partial charge >= 0.3 is 5.97 Å². The first-order valence-electron chi connectivity index (χ1n) is 8.09. The number of esters is 1. The second kappa shape index (κ2) is 9.28. The van der Waals surface area contributed by atoms with Crippen molar-refractivity contribution in [1.82, 2.24) is 5.32 Å². The standard InChI is InChI=1S/C20H19FN2O4/c1-13(11-18(24)22-12-14-3-7-16(21)8-4-14)19(25)23-17-9-5-15(6-10-17)20(26)27-2/h3-11H,12H2,1-2H3,(H,22,24)(H,23,25)/b13-11+. The van der Waals surface area contributed by atoms with Gasteiger partial charge < -0.3 is 15.4 Å². The molecule has 0 heterocycles. The van der Waals surface area contributed by atoms with E-state index >= 15 is 0 Å². The average molecular weight is 370 g/mol. The number of rotatable bonds is 6. The Hall–Kier alpha value is -3.48. The summed E-state index contributed by atoms with van der Waals surface area (Å²) in [7, 11) is 1.29. The fraction of sp³-hybridized carbons (Fsp3) is 0.150. The Morgan fingerprint density at radius 1 is 1.04 bits per heavy atom. The second-order valence-electron chi connectivity index (χ2n) is 5.69. The van der Waals surface area contributed by atoms with E-state index in [0.29, 0.717) is 11.3 Å². The Bertz CT molecular complexity index is 859. The summed E-state index contributed by atoms with van der Waals surface area (Å²) in [6, 6.07) is 11.9. The predicted molar refractivity (Wildman–Crippen MR) is 98.4 cm³/mol. The van der Waals surface area contributed by atoms with E-state index in [1.165, 1.54) is 44.4 Å². The third kappa shape index (κ3) is 6.07. The molecule has 0 fully saturated rings. The average Bonchev–Trinajstić information content (AvgIpc) is 2.67. The van der Waals surface area contributed by atoms with E-state index in [1.54, 1.807) is 24.3 Å². The lowest BCUT2D eigenvalue weighted by molar-refractivity contribution is -0.117. The van der Waals surface area contributed by atoms with Crippen molar-refractivity contribution < 1.29 is 23.5 Å². The molecule has 7 heteroatoms. The molecule has 2 amide bonds. The van der Waals surface area contributed by atoms with E-state index in [1.807, 2.05) is 0 Å². The van der Waals surface area contributed by atoms with Crippen LogP contribution in [-0.2, 0) is 20.9 Å². The number of ether oxygens (including phenoxy) is 1. The normalized spacial score (nSPS) is 10.9. The summed E-state index contributed by atoms with van der Waals surface area (Å²) in [4.78, 5) is 35.4. The molecule has 6 nitrogen and oxygen atoms in total. The zero-order valence-corrected chi connectivity index (χ0v) is 14.9. The van der Waals surface area contributed by atoms with Crippen LogP contribution in [0.15, 0.2) is 60.2 Å². The van der Waals surface area contributed by atoms with Gasteiger partial charge in [0, 0.05) is 23.9 Å². The van der Waals surface area contributed by atoms with E-state index in [-0.39, 0.29) is 17.9 Å². The molecule has 0 unspecified atom stereocenters. The topological polar surface area (TPSA) is 84.5 Å². The Morgan fingerprint density at radius 2 is 1.67 bits per heavy atom. The molecule has 0 aromatic heterocycles. The van der Waals surface area contributed by atoms with Crippen molar-refractivity contribution in [2.75, 3.05) is 12.4 Å². The number of hydrogen-bond donors (Lipinski definition) is 2. The minimum Gasteiger partial charge on any atom is -0.465 e. The van der Waals surface area contributed by atoms with Crippen molar-refractivity contribution in [3.05, 3.63) is 77.1 Å². The molecular weight excluding hydrogens is 351 g/mol. The number of benzene rings is 2. The number of hydrogen-bond acceptors (Lipinski definition) is 4. The molecule has 0 aliphatic heterocycles. The molecule has 2 N–H and O–H groups in total. The summed E-state index contributed by atoms with van der Waals surface area (Å²) in [5.41, 5.74) is 1.80. The van der Waals surface area contributed by atoms with Gasteiger partial charge in [0.2, 0.25) is 5.91 Å². The molecular formula is C20H19FN2O4. The van der Waals surface area contributed by atoms with E-state index in [0.717, 1.165) is 5.56 Å². The van der Waals surface area contributed by atoms with Crippen LogP contribution in [0.25, 0.3) is 0 Å². The summed E-state index contributed by atoms with van der Waals surface area (Å²) in [6.07, 6.45) is 1.18. The fourth-order valence-corrected chi connectivity index (χ4v) is 2.14. The van der Waals surface area contributed by atoms with E-state index < -0.39 is 17.8 Å². The highest BCUT2D eigenvalue weighted by Gasteiger charge is 2.09. The first-order valence-corrected chi connectivity index (χ1v) is 8.09. The van der Waals surface area contributed by atoms with Crippen molar-refractivity contribution in [2.45, 2.75) is 13.5 Å². The fourth-order valence-electron chi connectivity index (χ4n) is 2.14. The quantitative estimate of drug-likeness (QED) is 0.605. The molecule has 0 radical (unpaired) electrons. The van der Waals surface area contributed by atoms with Crippen LogP contribution in [0.1, 0.15) is 22.8 Å². The maximum Gasteiger partial charge on any atom is 0.337 e. The summed E-state index contributed by atoms with van der Waals surface area (Å²) in [6.45, 7) is 1.73. The maximum absolute atomic E-state index is 12.8. The van der Waals surface area contributed by atoms with Gasteiger partial charge in [-0.3, -0.25) is 9.59 Å². The molecule has 0 aliphatic rings. The first kappa shape index (κ1) is 19.8. The van der Waals surface area contributed by atoms with Crippen LogP contribution in [0.5, 0.6) is 0 Å². The molecule has 0 saturated heterocycles. The molecule has 2 rings (SSSR count). The lowest BCUT2D eigenvalue weighted by atomic mass is 10.2. The van der Waals surface area contributed by atoms with Crippen LogP contribution in [0.2, 0.25) is 0 Å². The molecule has 2 aromatic carbocycles. The van der Waals surface area contributed by atoms with Crippen LogP contribution in [0, 0.1) is 5.82 Å². The molecule has 140 valence electrons. The van der Waals surface area contributed by atoms with Crippen LogP contribution in [-0.4, -0.2) is 24.9 Å². The monoisotopic (exact) mass is 370 g/mol. The number of anilines is 1. The van der Waals surface area contributed by atoms with Crippen LogP contribution >= 0.6 is 0 Å². The number of halogens is 1. The molecule has 0 saturated carbocycles. The van der Waals surface area contributed by atoms with Gasteiger partial charge in [0.15, 0.2) is 0 Å². The smallest absolute Gasteiger partial charge is 0.337 e. The van der Waals surface area contributed by atoms with Gasteiger partial charge in [0.25, 0.3) is 5.91 Å². The molecule has 0 atom stereocenters. The van der Waals surface area contributed by atoms with Gasteiger partial charge in [-0.15, -0.1) is 0 Å². The minimum atomic E-state index is -0.471.